The average molecular weight is 491 g/mol. The summed E-state index contributed by atoms with van der Waals surface area (Å²) in [4.78, 5) is 46.4. The van der Waals surface area contributed by atoms with E-state index in [2.05, 4.69) is 15.3 Å². The lowest BCUT2D eigenvalue weighted by Crippen LogP contribution is -2.43. The van der Waals surface area contributed by atoms with Gasteiger partial charge in [0, 0.05) is 37.0 Å². The summed E-state index contributed by atoms with van der Waals surface area (Å²) in [5.41, 5.74) is 3.62. The van der Waals surface area contributed by atoms with E-state index >= 15 is 0 Å². The Morgan fingerprint density at radius 1 is 1.17 bits per heavy atom. The number of imidazole rings is 2. The van der Waals surface area contributed by atoms with E-state index in [0.29, 0.717) is 18.7 Å². The monoisotopic (exact) mass is 490 g/mol. The van der Waals surface area contributed by atoms with Crippen LogP contribution in [0.15, 0.2) is 65.8 Å². The molecule has 1 aliphatic rings. The van der Waals surface area contributed by atoms with Crippen molar-refractivity contribution in [1.82, 2.24) is 24.0 Å². The maximum absolute atomic E-state index is 14.3. The second-order valence-electron chi connectivity index (χ2n) is 9.06. The number of likely N-dealkylation sites (tertiary alicyclic amines) is 1. The summed E-state index contributed by atoms with van der Waals surface area (Å²) in [7, 11) is 0. The van der Waals surface area contributed by atoms with E-state index in [1.807, 2.05) is 54.1 Å². The van der Waals surface area contributed by atoms with E-state index in [1.165, 1.54) is 4.90 Å². The molecule has 5 rings (SSSR count). The number of hydrogen-bond acceptors (Lipinski definition) is 4. The van der Waals surface area contributed by atoms with E-state index in [9.17, 15) is 18.8 Å². The number of H-pyrrole nitrogens is 1. The van der Waals surface area contributed by atoms with Crippen LogP contribution in [-0.2, 0) is 16.1 Å². The molecule has 0 bridgehead atoms. The lowest BCUT2D eigenvalue weighted by atomic mass is 10.1. The van der Waals surface area contributed by atoms with Gasteiger partial charge in [0.2, 0.25) is 11.8 Å². The van der Waals surface area contributed by atoms with Crippen LogP contribution in [0.5, 0.6) is 0 Å². The topological polar surface area (TPSA) is 105 Å². The number of aryl methyl sites for hydroxylation is 2. The normalized spacial score (nSPS) is 17.6. The molecule has 1 aliphatic heterocycles. The van der Waals surface area contributed by atoms with Crippen LogP contribution in [0.1, 0.15) is 25.0 Å². The molecular weight excluding hydrogens is 463 g/mol. The Balaban J connectivity index is 1.20. The van der Waals surface area contributed by atoms with Gasteiger partial charge in [-0.1, -0.05) is 12.1 Å². The number of halogens is 1. The zero-order valence-corrected chi connectivity index (χ0v) is 19.9. The van der Waals surface area contributed by atoms with Crippen molar-refractivity contribution in [2.75, 3.05) is 11.9 Å². The van der Waals surface area contributed by atoms with Crippen molar-refractivity contribution in [1.29, 1.82) is 0 Å². The average Bonchev–Trinajstić information content (AvgIpc) is 3.56. The molecule has 10 heteroatoms. The second kappa shape index (κ2) is 9.80. The molecule has 36 heavy (non-hydrogen) atoms. The summed E-state index contributed by atoms with van der Waals surface area (Å²) < 4.78 is 17.7. The molecule has 2 aromatic carbocycles. The quantitative estimate of drug-likeness (QED) is 0.415. The molecule has 1 fully saturated rings. The summed E-state index contributed by atoms with van der Waals surface area (Å²) in [6, 6.07) is 13.7. The SMILES string of the molecule is Cc1cn(-c2ccc(NC(=O)[C@H]3C[C@@H](F)CN3C(=O)CCCn3c(=O)[nH]c4ccccc43)cc2)cn1. The van der Waals surface area contributed by atoms with Crippen molar-refractivity contribution in [3.63, 3.8) is 0 Å². The van der Waals surface area contributed by atoms with Gasteiger partial charge in [0.25, 0.3) is 0 Å². The summed E-state index contributed by atoms with van der Waals surface area (Å²) in [6.45, 7) is 2.14. The number of carbonyl (C=O) groups is 2. The highest BCUT2D eigenvalue weighted by atomic mass is 19.1. The van der Waals surface area contributed by atoms with Gasteiger partial charge < -0.3 is 19.8 Å². The lowest BCUT2D eigenvalue weighted by Gasteiger charge is -2.23. The molecule has 9 nitrogen and oxygen atoms in total. The van der Waals surface area contributed by atoms with Crippen molar-refractivity contribution < 1.29 is 14.0 Å². The Labute approximate surface area is 206 Å². The first-order valence-corrected chi connectivity index (χ1v) is 11.9. The largest absolute Gasteiger partial charge is 0.328 e. The van der Waals surface area contributed by atoms with Gasteiger partial charge in [-0.3, -0.25) is 14.2 Å². The van der Waals surface area contributed by atoms with Crippen LogP contribution in [0.25, 0.3) is 16.7 Å². The highest BCUT2D eigenvalue weighted by Crippen LogP contribution is 2.24. The number of aromatic amines is 1. The van der Waals surface area contributed by atoms with E-state index < -0.39 is 18.1 Å². The van der Waals surface area contributed by atoms with Crippen LogP contribution in [-0.4, -0.2) is 54.6 Å². The van der Waals surface area contributed by atoms with E-state index in [0.717, 1.165) is 22.4 Å². The second-order valence-corrected chi connectivity index (χ2v) is 9.06. The Bertz CT molecular complexity index is 1450. The third-order valence-electron chi connectivity index (χ3n) is 6.47. The first-order chi connectivity index (χ1) is 17.4. The standard InChI is InChI=1S/C26H27FN6O3/c1-17-14-31(16-28-17)20-10-8-19(9-11-20)29-25(35)23-13-18(27)15-33(23)24(34)7-4-12-32-22-6-3-2-5-21(22)30-26(32)36/h2-3,5-6,8-11,14,16,18,23H,4,7,12-13,15H2,1H3,(H,29,35)(H,30,36)/t18-,23-/m1/s1. The number of fused-ring (bicyclic) bond motifs is 1. The Kier molecular flexibility index (Phi) is 6.41. The maximum Gasteiger partial charge on any atom is 0.326 e. The first-order valence-electron chi connectivity index (χ1n) is 11.9. The van der Waals surface area contributed by atoms with E-state index in [-0.39, 0.29) is 31.0 Å². The fourth-order valence-corrected chi connectivity index (χ4v) is 4.67. The fourth-order valence-electron chi connectivity index (χ4n) is 4.67. The molecule has 0 aliphatic carbocycles. The fraction of sp³-hybridized carbons (Fsp3) is 0.308. The third kappa shape index (κ3) is 4.79. The number of nitrogens with one attached hydrogen (secondary N) is 2. The molecule has 2 amide bonds. The number of hydrogen-bond donors (Lipinski definition) is 2. The number of rotatable bonds is 7. The zero-order chi connectivity index (χ0) is 25.2. The molecule has 0 saturated carbocycles. The molecule has 186 valence electrons. The molecule has 0 unspecified atom stereocenters. The van der Waals surface area contributed by atoms with Crippen molar-refractivity contribution in [2.45, 2.75) is 44.9 Å². The smallest absolute Gasteiger partial charge is 0.326 e. The predicted octanol–water partition coefficient (Wildman–Crippen LogP) is 3.18. The van der Waals surface area contributed by atoms with Crippen LogP contribution in [0.2, 0.25) is 0 Å². The van der Waals surface area contributed by atoms with Gasteiger partial charge in [-0.2, -0.15) is 0 Å². The number of amides is 2. The van der Waals surface area contributed by atoms with Crippen LogP contribution in [0, 0.1) is 6.92 Å². The van der Waals surface area contributed by atoms with Crippen molar-refractivity contribution in [3.05, 3.63) is 77.2 Å². The molecule has 0 spiro atoms. The molecule has 3 heterocycles. The van der Waals surface area contributed by atoms with Crippen molar-refractivity contribution in [2.24, 2.45) is 0 Å². The van der Waals surface area contributed by atoms with E-state index in [1.54, 1.807) is 23.0 Å². The highest BCUT2D eigenvalue weighted by molar-refractivity contribution is 5.97. The van der Waals surface area contributed by atoms with Gasteiger partial charge in [0.1, 0.15) is 12.2 Å². The van der Waals surface area contributed by atoms with E-state index in [4.69, 9.17) is 0 Å². The minimum Gasteiger partial charge on any atom is -0.328 e. The van der Waals surface area contributed by atoms with Crippen LogP contribution < -0.4 is 11.0 Å². The zero-order valence-electron chi connectivity index (χ0n) is 19.9. The summed E-state index contributed by atoms with van der Waals surface area (Å²) >= 11 is 0. The Morgan fingerprint density at radius 3 is 2.69 bits per heavy atom. The molecule has 2 aromatic heterocycles. The number of benzene rings is 2. The van der Waals surface area contributed by atoms with Crippen LogP contribution in [0.4, 0.5) is 10.1 Å². The van der Waals surface area contributed by atoms with Gasteiger partial charge in [0.05, 0.1) is 29.6 Å². The first kappa shape index (κ1) is 23.5. The molecule has 0 radical (unpaired) electrons. The van der Waals surface area contributed by atoms with Gasteiger partial charge in [-0.05, 0) is 49.7 Å². The number of aromatic nitrogens is 4. The maximum atomic E-state index is 14.3. The molecule has 1 saturated heterocycles. The molecule has 2 atom stereocenters. The number of nitrogens with zero attached hydrogens (tertiary/aromatic N) is 4. The van der Waals surface area contributed by atoms with Gasteiger partial charge in [-0.15, -0.1) is 0 Å². The molecule has 2 N–H and O–H groups in total. The summed E-state index contributed by atoms with van der Waals surface area (Å²) in [6.07, 6.45) is 2.82. The van der Waals surface area contributed by atoms with Gasteiger partial charge in [-0.25, -0.2) is 14.2 Å². The number of para-hydroxylation sites is 2. The van der Waals surface area contributed by atoms with Crippen molar-refractivity contribution in [3.8, 4) is 5.69 Å². The molecule has 4 aromatic rings. The minimum absolute atomic E-state index is 0.0358. The van der Waals surface area contributed by atoms with Crippen LogP contribution in [0.3, 0.4) is 0 Å². The Hall–Kier alpha value is -4.21. The Morgan fingerprint density at radius 2 is 1.94 bits per heavy atom. The van der Waals surface area contributed by atoms with Crippen LogP contribution >= 0.6 is 0 Å². The summed E-state index contributed by atoms with van der Waals surface area (Å²) in [5.74, 6) is -0.711. The number of carbonyl (C=O) groups excluding carboxylic acids is 2. The van der Waals surface area contributed by atoms with Gasteiger partial charge in [0.15, 0.2) is 0 Å². The number of anilines is 1. The minimum atomic E-state index is -1.26. The van der Waals surface area contributed by atoms with Gasteiger partial charge >= 0.3 is 5.69 Å². The van der Waals surface area contributed by atoms with Crippen molar-refractivity contribution >= 4 is 28.5 Å². The lowest BCUT2D eigenvalue weighted by molar-refractivity contribution is -0.136. The third-order valence-corrected chi connectivity index (χ3v) is 6.47. The summed E-state index contributed by atoms with van der Waals surface area (Å²) in [5, 5.41) is 2.81. The molecular formula is C26H27FN6O3. The predicted molar refractivity (Wildman–Crippen MR) is 134 cm³/mol. The highest BCUT2D eigenvalue weighted by Gasteiger charge is 2.39. The number of alkyl halides is 1.